The highest BCUT2D eigenvalue weighted by Crippen LogP contribution is 2.19. The first-order valence-corrected chi connectivity index (χ1v) is 5.33. The molecular formula is C12H20N2. The number of nitrogens with zero attached hydrogens (tertiary/aromatic N) is 1. The number of nitrogens with one attached hydrogen (secondary N) is 1. The lowest BCUT2D eigenvalue weighted by atomic mass is 10.1. The van der Waals surface area contributed by atoms with Crippen molar-refractivity contribution in [1.82, 2.24) is 4.98 Å². The van der Waals surface area contributed by atoms with Gasteiger partial charge >= 0.3 is 0 Å². The minimum atomic E-state index is 0.541. The van der Waals surface area contributed by atoms with Crippen LogP contribution in [-0.2, 0) is 0 Å². The molecule has 1 aromatic rings. The third-order valence-electron chi connectivity index (χ3n) is 2.44. The smallest absolute Gasteiger partial charge is 0.0432 e. The fourth-order valence-corrected chi connectivity index (χ4v) is 1.68. The molecule has 0 spiro atoms. The maximum Gasteiger partial charge on any atom is 0.0432 e. The highest BCUT2D eigenvalue weighted by Gasteiger charge is 2.05. The van der Waals surface area contributed by atoms with Crippen molar-refractivity contribution in [2.24, 2.45) is 0 Å². The molecule has 14 heavy (non-hydrogen) atoms. The van der Waals surface area contributed by atoms with Crippen molar-refractivity contribution in [2.75, 3.05) is 5.32 Å². The van der Waals surface area contributed by atoms with Crippen LogP contribution >= 0.6 is 0 Å². The number of anilines is 1. The Morgan fingerprint density at radius 1 is 1.29 bits per heavy atom. The predicted octanol–water partition coefficient (Wildman–Crippen LogP) is 3.30. The molecule has 0 saturated carbocycles. The molecule has 1 N–H and O–H groups in total. The molecule has 0 aliphatic heterocycles. The Morgan fingerprint density at radius 2 is 1.86 bits per heavy atom. The lowest BCUT2D eigenvalue weighted by molar-refractivity contribution is 0.689. The summed E-state index contributed by atoms with van der Waals surface area (Å²) in [5.41, 5.74) is 3.71. The van der Waals surface area contributed by atoms with E-state index in [1.807, 2.05) is 12.4 Å². The van der Waals surface area contributed by atoms with Crippen LogP contribution in [0, 0.1) is 13.8 Å². The topological polar surface area (TPSA) is 24.9 Å². The van der Waals surface area contributed by atoms with Crippen molar-refractivity contribution in [1.29, 1.82) is 0 Å². The Balaban J connectivity index is 2.75. The van der Waals surface area contributed by atoms with Gasteiger partial charge in [0.05, 0.1) is 0 Å². The molecule has 78 valence electrons. The van der Waals surface area contributed by atoms with Gasteiger partial charge in [-0.1, -0.05) is 13.3 Å². The third kappa shape index (κ3) is 2.72. The Morgan fingerprint density at radius 3 is 2.36 bits per heavy atom. The molecule has 0 radical (unpaired) electrons. The van der Waals surface area contributed by atoms with E-state index in [9.17, 15) is 0 Å². The van der Waals surface area contributed by atoms with Crippen molar-refractivity contribution >= 4 is 5.69 Å². The molecule has 1 aromatic heterocycles. The van der Waals surface area contributed by atoms with Crippen LogP contribution < -0.4 is 5.32 Å². The Labute approximate surface area is 86.8 Å². The molecule has 2 heteroatoms. The largest absolute Gasteiger partial charge is 0.382 e. The maximum atomic E-state index is 4.16. The Kier molecular flexibility index (Phi) is 3.93. The number of hydrogen-bond acceptors (Lipinski definition) is 2. The van der Waals surface area contributed by atoms with Crippen LogP contribution in [-0.4, -0.2) is 11.0 Å². The summed E-state index contributed by atoms with van der Waals surface area (Å²) in [7, 11) is 0. The van der Waals surface area contributed by atoms with Crippen LogP contribution in [0.3, 0.4) is 0 Å². The fraction of sp³-hybridized carbons (Fsp3) is 0.583. The summed E-state index contributed by atoms with van der Waals surface area (Å²) >= 11 is 0. The van der Waals surface area contributed by atoms with Gasteiger partial charge in [-0.05, 0) is 38.3 Å². The van der Waals surface area contributed by atoms with E-state index in [0.717, 1.165) is 0 Å². The van der Waals surface area contributed by atoms with Gasteiger partial charge in [0, 0.05) is 24.1 Å². The maximum absolute atomic E-state index is 4.16. The van der Waals surface area contributed by atoms with Crippen LogP contribution in [0.1, 0.15) is 37.8 Å². The summed E-state index contributed by atoms with van der Waals surface area (Å²) in [6.45, 7) is 8.63. The summed E-state index contributed by atoms with van der Waals surface area (Å²) in [5, 5.41) is 3.54. The van der Waals surface area contributed by atoms with Crippen molar-refractivity contribution < 1.29 is 0 Å². The second kappa shape index (κ2) is 4.99. The second-order valence-electron chi connectivity index (χ2n) is 3.98. The van der Waals surface area contributed by atoms with Crippen LogP contribution in [0.4, 0.5) is 5.69 Å². The summed E-state index contributed by atoms with van der Waals surface area (Å²) < 4.78 is 0. The second-order valence-corrected chi connectivity index (χ2v) is 3.98. The molecule has 0 bridgehead atoms. The third-order valence-corrected chi connectivity index (χ3v) is 2.44. The van der Waals surface area contributed by atoms with E-state index in [1.165, 1.54) is 29.7 Å². The molecule has 1 heterocycles. The van der Waals surface area contributed by atoms with Gasteiger partial charge in [0.25, 0.3) is 0 Å². The van der Waals surface area contributed by atoms with Gasteiger partial charge in [-0.15, -0.1) is 0 Å². The molecule has 2 nitrogen and oxygen atoms in total. The van der Waals surface area contributed by atoms with Gasteiger partial charge in [-0.3, -0.25) is 4.98 Å². The summed E-state index contributed by atoms with van der Waals surface area (Å²) in [5.74, 6) is 0. The van der Waals surface area contributed by atoms with Crippen LogP contribution in [0.5, 0.6) is 0 Å². The van der Waals surface area contributed by atoms with Crippen LogP contribution in [0.15, 0.2) is 12.4 Å². The molecule has 1 rings (SSSR count). The molecule has 0 aliphatic carbocycles. The predicted molar refractivity (Wildman–Crippen MR) is 61.7 cm³/mol. The molecule has 0 amide bonds. The quantitative estimate of drug-likeness (QED) is 0.791. The number of rotatable bonds is 4. The van der Waals surface area contributed by atoms with E-state index in [-0.39, 0.29) is 0 Å². The normalized spacial score (nSPS) is 12.6. The molecule has 0 aromatic carbocycles. The van der Waals surface area contributed by atoms with Gasteiger partial charge in [0.2, 0.25) is 0 Å². The lowest BCUT2D eigenvalue weighted by Crippen LogP contribution is -2.16. The summed E-state index contributed by atoms with van der Waals surface area (Å²) in [4.78, 5) is 4.16. The highest BCUT2D eigenvalue weighted by molar-refractivity contribution is 5.55. The van der Waals surface area contributed by atoms with Crippen molar-refractivity contribution in [3.63, 3.8) is 0 Å². The zero-order chi connectivity index (χ0) is 10.6. The van der Waals surface area contributed by atoms with Crippen molar-refractivity contribution in [3.8, 4) is 0 Å². The van der Waals surface area contributed by atoms with E-state index in [1.54, 1.807) is 0 Å². The Bertz CT molecular complexity index is 274. The minimum Gasteiger partial charge on any atom is -0.382 e. The monoisotopic (exact) mass is 192 g/mol. The number of hydrogen-bond donors (Lipinski definition) is 1. The molecule has 0 saturated heterocycles. The first-order chi connectivity index (χ1) is 6.65. The Hall–Kier alpha value is -1.05. The number of pyridine rings is 1. The SMILES string of the molecule is CCCC(C)Nc1c(C)cncc1C. The van der Waals surface area contributed by atoms with E-state index in [4.69, 9.17) is 0 Å². The molecule has 0 aliphatic rings. The lowest BCUT2D eigenvalue weighted by Gasteiger charge is -2.17. The van der Waals surface area contributed by atoms with Crippen LogP contribution in [0.25, 0.3) is 0 Å². The summed E-state index contributed by atoms with van der Waals surface area (Å²) in [6.07, 6.45) is 6.25. The van der Waals surface area contributed by atoms with Gasteiger partial charge in [-0.2, -0.15) is 0 Å². The van der Waals surface area contributed by atoms with Crippen molar-refractivity contribution in [3.05, 3.63) is 23.5 Å². The zero-order valence-corrected chi connectivity index (χ0v) is 9.59. The van der Waals surface area contributed by atoms with E-state index >= 15 is 0 Å². The van der Waals surface area contributed by atoms with E-state index in [0.29, 0.717) is 6.04 Å². The molecule has 0 fully saturated rings. The average molecular weight is 192 g/mol. The molecule has 1 atom stereocenters. The first-order valence-electron chi connectivity index (χ1n) is 5.33. The van der Waals surface area contributed by atoms with E-state index < -0.39 is 0 Å². The number of aromatic nitrogens is 1. The van der Waals surface area contributed by atoms with Crippen molar-refractivity contribution in [2.45, 2.75) is 46.6 Å². The fourth-order valence-electron chi connectivity index (χ4n) is 1.68. The first kappa shape index (κ1) is 11.0. The standard InChI is InChI=1S/C12H20N2/c1-5-6-11(4)14-12-9(2)7-13-8-10(12)3/h7-8,11H,5-6H2,1-4H3,(H,13,14). The highest BCUT2D eigenvalue weighted by atomic mass is 14.9. The van der Waals surface area contributed by atoms with Gasteiger partial charge < -0.3 is 5.32 Å². The average Bonchev–Trinajstić information content (AvgIpc) is 2.12. The number of aryl methyl sites for hydroxylation is 2. The van der Waals surface area contributed by atoms with E-state index in [2.05, 4.69) is 38.0 Å². The van der Waals surface area contributed by atoms with Crippen LogP contribution in [0.2, 0.25) is 0 Å². The van der Waals surface area contributed by atoms with Gasteiger partial charge in [0.1, 0.15) is 0 Å². The van der Waals surface area contributed by atoms with Gasteiger partial charge in [-0.25, -0.2) is 0 Å². The summed E-state index contributed by atoms with van der Waals surface area (Å²) in [6, 6.07) is 0.541. The molecular weight excluding hydrogens is 172 g/mol. The minimum absolute atomic E-state index is 0.541. The zero-order valence-electron chi connectivity index (χ0n) is 9.59. The molecule has 1 unspecified atom stereocenters. The van der Waals surface area contributed by atoms with Gasteiger partial charge in [0.15, 0.2) is 0 Å².